The number of halogens is 1. The predicted octanol–water partition coefficient (Wildman–Crippen LogP) is 3.11. The van der Waals surface area contributed by atoms with Gasteiger partial charge in [-0.1, -0.05) is 31.5 Å². The number of aryl methyl sites for hydroxylation is 1. The molecule has 0 fully saturated rings. The Bertz CT molecular complexity index is 690. The van der Waals surface area contributed by atoms with Crippen LogP contribution in [-0.2, 0) is 6.42 Å². The van der Waals surface area contributed by atoms with E-state index < -0.39 is 0 Å². The lowest BCUT2D eigenvalue weighted by Gasteiger charge is -2.09. The molecule has 0 unspecified atom stereocenters. The van der Waals surface area contributed by atoms with Crippen molar-refractivity contribution in [3.05, 3.63) is 53.2 Å². The first-order chi connectivity index (χ1) is 11.6. The number of nitrogens with zero attached hydrogens (tertiary/aromatic N) is 2. The fourth-order valence-corrected chi connectivity index (χ4v) is 2.27. The van der Waals surface area contributed by atoms with E-state index in [2.05, 4.69) is 27.5 Å². The lowest BCUT2D eigenvalue weighted by Crippen LogP contribution is -2.27. The molecule has 5 nitrogen and oxygen atoms in total. The van der Waals surface area contributed by atoms with Gasteiger partial charge in [-0.2, -0.15) is 0 Å². The molecule has 0 aliphatic heterocycles. The molecular formula is C18H23FN4O. The maximum Gasteiger partial charge on any atom is 0.270 e. The van der Waals surface area contributed by atoms with Gasteiger partial charge in [-0.05, 0) is 31.4 Å². The summed E-state index contributed by atoms with van der Waals surface area (Å²) in [6.45, 7) is 5.02. The van der Waals surface area contributed by atoms with E-state index in [0.29, 0.717) is 35.9 Å². The Morgan fingerprint density at radius 1 is 1.21 bits per heavy atom. The fraction of sp³-hybridized carbons (Fsp3) is 0.389. The molecule has 1 aromatic carbocycles. The van der Waals surface area contributed by atoms with E-state index in [1.54, 1.807) is 31.2 Å². The summed E-state index contributed by atoms with van der Waals surface area (Å²) >= 11 is 0. The second-order valence-electron chi connectivity index (χ2n) is 5.56. The maximum absolute atomic E-state index is 13.5. The zero-order chi connectivity index (χ0) is 17.4. The van der Waals surface area contributed by atoms with E-state index in [9.17, 15) is 9.18 Å². The topological polar surface area (TPSA) is 66.9 Å². The number of benzene rings is 1. The van der Waals surface area contributed by atoms with Crippen molar-refractivity contribution in [2.75, 3.05) is 18.4 Å². The van der Waals surface area contributed by atoms with Crippen molar-refractivity contribution in [2.24, 2.45) is 0 Å². The van der Waals surface area contributed by atoms with Crippen LogP contribution in [0.2, 0.25) is 0 Å². The summed E-state index contributed by atoms with van der Waals surface area (Å²) in [5.74, 6) is 0.647. The summed E-state index contributed by atoms with van der Waals surface area (Å²) < 4.78 is 13.5. The van der Waals surface area contributed by atoms with Gasteiger partial charge in [0.15, 0.2) is 0 Å². The van der Waals surface area contributed by atoms with Crippen LogP contribution < -0.4 is 10.6 Å². The number of anilines is 1. The molecule has 0 spiro atoms. The summed E-state index contributed by atoms with van der Waals surface area (Å²) in [5, 5.41) is 5.96. The second kappa shape index (κ2) is 8.96. The van der Waals surface area contributed by atoms with Gasteiger partial charge < -0.3 is 10.6 Å². The van der Waals surface area contributed by atoms with Crippen LogP contribution in [0.1, 0.15) is 41.6 Å². The highest BCUT2D eigenvalue weighted by molar-refractivity contribution is 5.92. The molecule has 2 rings (SSSR count). The molecule has 0 saturated heterocycles. The molecule has 0 atom stereocenters. The first-order valence-corrected chi connectivity index (χ1v) is 8.21. The first-order valence-electron chi connectivity index (χ1n) is 8.21. The Labute approximate surface area is 141 Å². The van der Waals surface area contributed by atoms with Gasteiger partial charge >= 0.3 is 0 Å². The molecule has 24 heavy (non-hydrogen) atoms. The number of amides is 1. The fourth-order valence-electron chi connectivity index (χ4n) is 2.27. The van der Waals surface area contributed by atoms with Crippen LogP contribution in [0, 0.1) is 12.7 Å². The van der Waals surface area contributed by atoms with Crippen molar-refractivity contribution in [1.82, 2.24) is 15.3 Å². The summed E-state index contributed by atoms with van der Waals surface area (Å²) in [4.78, 5) is 20.7. The monoisotopic (exact) mass is 330 g/mol. The van der Waals surface area contributed by atoms with Crippen molar-refractivity contribution in [3.63, 3.8) is 0 Å². The molecular weight excluding hydrogens is 307 g/mol. The van der Waals surface area contributed by atoms with E-state index in [-0.39, 0.29) is 11.7 Å². The molecule has 2 aromatic rings. The Morgan fingerprint density at radius 3 is 2.75 bits per heavy atom. The number of unbranched alkanes of at least 4 members (excludes halogenated alkanes) is 1. The number of hydrogen-bond donors (Lipinski definition) is 2. The average molecular weight is 330 g/mol. The SMILES string of the molecule is CCCCNc1cc(C(=O)NCCc2ccccc2F)nc(C)n1. The number of nitrogens with one attached hydrogen (secondary N) is 2. The summed E-state index contributed by atoms with van der Waals surface area (Å²) in [5.41, 5.74) is 0.897. The lowest BCUT2D eigenvalue weighted by molar-refractivity contribution is 0.0948. The quantitative estimate of drug-likeness (QED) is 0.730. The Kier molecular flexibility index (Phi) is 6.66. The van der Waals surface area contributed by atoms with Crippen molar-refractivity contribution >= 4 is 11.7 Å². The van der Waals surface area contributed by atoms with Gasteiger partial charge in [-0.15, -0.1) is 0 Å². The van der Waals surface area contributed by atoms with Crippen LogP contribution in [0.3, 0.4) is 0 Å². The number of aromatic nitrogens is 2. The highest BCUT2D eigenvalue weighted by Gasteiger charge is 2.10. The highest BCUT2D eigenvalue weighted by Crippen LogP contribution is 2.08. The predicted molar refractivity (Wildman–Crippen MR) is 92.6 cm³/mol. The molecule has 0 aliphatic carbocycles. The first kappa shape index (κ1) is 17.8. The van der Waals surface area contributed by atoms with Gasteiger partial charge in [0.25, 0.3) is 5.91 Å². The van der Waals surface area contributed by atoms with E-state index in [4.69, 9.17) is 0 Å². The summed E-state index contributed by atoms with van der Waals surface area (Å²) in [7, 11) is 0. The van der Waals surface area contributed by atoms with Crippen LogP contribution in [-0.4, -0.2) is 29.0 Å². The third kappa shape index (κ3) is 5.30. The largest absolute Gasteiger partial charge is 0.370 e. The van der Waals surface area contributed by atoms with Gasteiger partial charge in [0.2, 0.25) is 0 Å². The van der Waals surface area contributed by atoms with Gasteiger partial charge in [-0.25, -0.2) is 14.4 Å². The number of carbonyl (C=O) groups is 1. The second-order valence-corrected chi connectivity index (χ2v) is 5.56. The molecule has 0 saturated carbocycles. The van der Waals surface area contributed by atoms with E-state index in [0.717, 1.165) is 19.4 Å². The van der Waals surface area contributed by atoms with E-state index in [1.807, 2.05) is 0 Å². The molecule has 2 N–H and O–H groups in total. The van der Waals surface area contributed by atoms with Crippen LogP contribution in [0.15, 0.2) is 30.3 Å². The third-order valence-corrected chi connectivity index (χ3v) is 3.54. The third-order valence-electron chi connectivity index (χ3n) is 3.54. The average Bonchev–Trinajstić information content (AvgIpc) is 2.56. The van der Waals surface area contributed by atoms with Crippen LogP contribution >= 0.6 is 0 Å². The van der Waals surface area contributed by atoms with E-state index >= 15 is 0 Å². The minimum Gasteiger partial charge on any atom is -0.370 e. The molecule has 0 bridgehead atoms. The summed E-state index contributed by atoms with van der Waals surface area (Å²) in [6.07, 6.45) is 2.55. The smallest absolute Gasteiger partial charge is 0.270 e. The summed E-state index contributed by atoms with van der Waals surface area (Å²) in [6, 6.07) is 8.20. The number of hydrogen-bond acceptors (Lipinski definition) is 4. The van der Waals surface area contributed by atoms with Gasteiger partial charge in [0, 0.05) is 19.2 Å². The lowest BCUT2D eigenvalue weighted by atomic mass is 10.1. The van der Waals surface area contributed by atoms with Crippen molar-refractivity contribution in [1.29, 1.82) is 0 Å². The molecule has 128 valence electrons. The highest BCUT2D eigenvalue weighted by atomic mass is 19.1. The zero-order valence-electron chi connectivity index (χ0n) is 14.1. The van der Waals surface area contributed by atoms with Gasteiger partial charge in [0.05, 0.1) is 0 Å². The molecule has 6 heteroatoms. The minimum absolute atomic E-state index is 0.257. The minimum atomic E-state index is -0.282. The normalized spacial score (nSPS) is 10.5. The van der Waals surface area contributed by atoms with E-state index in [1.165, 1.54) is 6.07 Å². The Balaban J connectivity index is 1.93. The maximum atomic E-state index is 13.5. The molecule has 0 radical (unpaired) electrons. The molecule has 1 aromatic heterocycles. The van der Waals surface area contributed by atoms with Gasteiger partial charge in [-0.3, -0.25) is 4.79 Å². The van der Waals surface area contributed by atoms with Crippen molar-refractivity contribution < 1.29 is 9.18 Å². The number of carbonyl (C=O) groups excluding carboxylic acids is 1. The Morgan fingerprint density at radius 2 is 2.00 bits per heavy atom. The molecule has 1 heterocycles. The van der Waals surface area contributed by atoms with Crippen LogP contribution in [0.4, 0.5) is 10.2 Å². The Hall–Kier alpha value is -2.50. The van der Waals surface area contributed by atoms with Crippen molar-refractivity contribution in [3.8, 4) is 0 Å². The number of rotatable bonds is 8. The standard InChI is InChI=1S/C18H23FN4O/c1-3-4-10-20-17-12-16(22-13(2)23-17)18(24)21-11-9-14-7-5-6-8-15(14)19/h5-8,12H,3-4,9-11H2,1-2H3,(H,21,24)(H,20,22,23). The van der Waals surface area contributed by atoms with Gasteiger partial charge in [0.1, 0.15) is 23.2 Å². The molecule has 1 amide bonds. The molecule has 0 aliphatic rings. The zero-order valence-corrected chi connectivity index (χ0v) is 14.1. The van der Waals surface area contributed by atoms with Crippen LogP contribution in [0.5, 0.6) is 0 Å². The van der Waals surface area contributed by atoms with Crippen LogP contribution in [0.25, 0.3) is 0 Å². The van der Waals surface area contributed by atoms with Crippen molar-refractivity contribution in [2.45, 2.75) is 33.1 Å².